The highest BCUT2D eigenvalue weighted by Crippen LogP contribution is 2.25. The van der Waals surface area contributed by atoms with E-state index in [0.717, 1.165) is 18.2 Å². The lowest BCUT2D eigenvalue weighted by Crippen LogP contribution is -2.26. The van der Waals surface area contributed by atoms with Crippen molar-refractivity contribution >= 4 is 11.6 Å². The van der Waals surface area contributed by atoms with E-state index in [-0.39, 0.29) is 16.9 Å². The van der Waals surface area contributed by atoms with E-state index in [1.54, 1.807) is 13.1 Å². The number of nitro groups is 1. The zero-order valence-corrected chi connectivity index (χ0v) is 14.1. The number of hydrogen-bond acceptors (Lipinski definition) is 4. The topological polar surface area (TPSA) is 90.1 Å². The molecule has 1 unspecified atom stereocenters. The molecule has 3 aromatic rings. The summed E-state index contributed by atoms with van der Waals surface area (Å²) in [5.41, 5.74) is 0.440. The molecule has 1 heterocycles. The fourth-order valence-electron chi connectivity index (χ4n) is 2.58. The summed E-state index contributed by atoms with van der Waals surface area (Å²) >= 11 is 0. The molecule has 0 aliphatic heterocycles. The number of nitrogens with zero attached hydrogens (tertiary/aromatic N) is 3. The SMILES string of the molecule is CC(NC(=O)c1ccc(-n2ccnc2)c([N+](=O)[O-])c1)c1ccc(F)c(F)c1. The van der Waals surface area contributed by atoms with Gasteiger partial charge in [0.05, 0.1) is 17.3 Å². The second kappa shape index (κ2) is 7.32. The molecule has 0 spiro atoms. The molecular formula is C18H14F2N4O3. The molecule has 0 bridgehead atoms. The number of nitro benzene ring substituents is 1. The van der Waals surface area contributed by atoms with Crippen LogP contribution in [0.3, 0.4) is 0 Å². The molecule has 0 aliphatic rings. The number of rotatable bonds is 5. The summed E-state index contributed by atoms with van der Waals surface area (Å²) in [4.78, 5) is 27.1. The number of carbonyl (C=O) groups excluding carboxylic acids is 1. The zero-order valence-electron chi connectivity index (χ0n) is 14.1. The van der Waals surface area contributed by atoms with Crippen LogP contribution in [-0.2, 0) is 0 Å². The third-order valence-corrected chi connectivity index (χ3v) is 4.01. The molecule has 0 saturated carbocycles. The van der Waals surface area contributed by atoms with Crippen LogP contribution in [0.15, 0.2) is 55.1 Å². The Morgan fingerprint density at radius 1 is 1.22 bits per heavy atom. The largest absolute Gasteiger partial charge is 0.346 e. The molecule has 3 rings (SSSR count). The van der Waals surface area contributed by atoms with Gasteiger partial charge < -0.3 is 9.88 Å². The molecule has 138 valence electrons. The van der Waals surface area contributed by atoms with E-state index in [0.29, 0.717) is 5.56 Å². The van der Waals surface area contributed by atoms with E-state index in [4.69, 9.17) is 0 Å². The smallest absolute Gasteiger partial charge is 0.294 e. The highest BCUT2D eigenvalue weighted by Gasteiger charge is 2.20. The molecule has 1 amide bonds. The maximum absolute atomic E-state index is 13.4. The van der Waals surface area contributed by atoms with Crippen molar-refractivity contribution in [3.63, 3.8) is 0 Å². The number of nitrogens with one attached hydrogen (secondary N) is 1. The van der Waals surface area contributed by atoms with E-state index < -0.39 is 28.5 Å². The fourth-order valence-corrected chi connectivity index (χ4v) is 2.58. The lowest BCUT2D eigenvalue weighted by Gasteiger charge is -2.15. The Morgan fingerprint density at radius 3 is 2.63 bits per heavy atom. The summed E-state index contributed by atoms with van der Waals surface area (Å²) in [6.07, 6.45) is 4.44. The van der Waals surface area contributed by atoms with E-state index in [9.17, 15) is 23.7 Å². The Hall–Kier alpha value is -3.62. The van der Waals surface area contributed by atoms with Crippen LogP contribution in [0.1, 0.15) is 28.9 Å². The summed E-state index contributed by atoms with van der Waals surface area (Å²) in [6, 6.07) is 6.73. The van der Waals surface area contributed by atoms with Crippen LogP contribution in [0, 0.1) is 21.7 Å². The first-order valence-electron chi connectivity index (χ1n) is 7.89. The molecule has 0 aliphatic carbocycles. The summed E-state index contributed by atoms with van der Waals surface area (Å²) in [6.45, 7) is 1.60. The number of benzene rings is 2. The number of amides is 1. The van der Waals surface area contributed by atoms with Gasteiger partial charge in [0.15, 0.2) is 11.6 Å². The van der Waals surface area contributed by atoms with Gasteiger partial charge in [-0.1, -0.05) is 6.07 Å². The Morgan fingerprint density at radius 2 is 2.00 bits per heavy atom. The predicted octanol–water partition coefficient (Wildman–Crippen LogP) is 3.55. The van der Waals surface area contributed by atoms with E-state index in [1.165, 1.54) is 35.3 Å². The molecule has 0 fully saturated rings. The Balaban J connectivity index is 1.85. The van der Waals surface area contributed by atoms with Crippen LogP contribution < -0.4 is 5.32 Å². The molecule has 9 heteroatoms. The molecule has 2 aromatic carbocycles. The van der Waals surface area contributed by atoms with Crippen molar-refractivity contribution in [3.8, 4) is 5.69 Å². The van der Waals surface area contributed by atoms with Crippen molar-refractivity contribution < 1.29 is 18.5 Å². The molecule has 1 aromatic heterocycles. The first-order chi connectivity index (χ1) is 12.9. The zero-order chi connectivity index (χ0) is 19.6. The second-order valence-electron chi connectivity index (χ2n) is 5.80. The number of imidazole rings is 1. The monoisotopic (exact) mass is 372 g/mol. The Labute approximate surface area is 152 Å². The van der Waals surface area contributed by atoms with Crippen LogP contribution in [0.5, 0.6) is 0 Å². The van der Waals surface area contributed by atoms with Crippen molar-refractivity contribution in [2.75, 3.05) is 0 Å². The number of halogens is 2. The van der Waals surface area contributed by atoms with Crippen molar-refractivity contribution in [3.05, 3.63) is 88.0 Å². The molecule has 1 atom stereocenters. The molecule has 0 saturated heterocycles. The fraction of sp³-hybridized carbons (Fsp3) is 0.111. The first kappa shape index (κ1) is 18.2. The summed E-state index contributed by atoms with van der Waals surface area (Å²) in [5, 5.41) is 14.0. The highest BCUT2D eigenvalue weighted by atomic mass is 19.2. The van der Waals surface area contributed by atoms with Crippen LogP contribution in [0.4, 0.5) is 14.5 Å². The van der Waals surface area contributed by atoms with Gasteiger partial charge in [-0.25, -0.2) is 13.8 Å². The number of carbonyl (C=O) groups is 1. The Bertz CT molecular complexity index is 1010. The average molecular weight is 372 g/mol. The van der Waals surface area contributed by atoms with E-state index >= 15 is 0 Å². The lowest BCUT2D eigenvalue weighted by atomic mass is 10.1. The van der Waals surface area contributed by atoms with Gasteiger partial charge in [-0.05, 0) is 36.8 Å². The summed E-state index contributed by atoms with van der Waals surface area (Å²) in [7, 11) is 0. The maximum Gasteiger partial charge on any atom is 0.294 e. The van der Waals surface area contributed by atoms with Gasteiger partial charge in [-0.15, -0.1) is 0 Å². The van der Waals surface area contributed by atoms with Gasteiger partial charge in [0, 0.05) is 24.0 Å². The number of aromatic nitrogens is 2. The van der Waals surface area contributed by atoms with E-state index in [1.807, 2.05) is 0 Å². The van der Waals surface area contributed by atoms with Gasteiger partial charge in [0.1, 0.15) is 5.69 Å². The van der Waals surface area contributed by atoms with Gasteiger partial charge in [0.25, 0.3) is 11.6 Å². The predicted molar refractivity (Wildman–Crippen MR) is 92.5 cm³/mol. The van der Waals surface area contributed by atoms with Gasteiger partial charge >= 0.3 is 0 Å². The van der Waals surface area contributed by atoms with Crippen LogP contribution in [0.25, 0.3) is 5.69 Å². The van der Waals surface area contributed by atoms with Gasteiger partial charge in [-0.2, -0.15) is 0 Å². The van der Waals surface area contributed by atoms with Crippen molar-refractivity contribution in [2.24, 2.45) is 0 Å². The Kier molecular flexibility index (Phi) is 4.93. The third-order valence-electron chi connectivity index (χ3n) is 4.01. The van der Waals surface area contributed by atoms with Crippen LogP contribution in [0.2, 0.25) is 0 Å². The average Bonchev–Trinajstić information content (AvgIpc) is 3.17. The van der Waals surface area contributed by atoms with Crippen molar-refractivity contribution in [1.82, 2.24) is 14.9 Å². The molecule has 0 radical (unpaired) electrons. The third kappa shape index (κ3) is 3.81. The van der Waals surface area contributed by atoms with Crippen LogP contribution >= 0.6 is 0 Å². The van der Waals surface area contributed by atoms with Crippen LogP contribution in [-0.4, -0.2) is 20.4 Å². The van der Waals surface area contributed by atoms with Gasteiger partial charge in [0.2, 0.25) is 0 Å². The highest BCUT2D eigenvalue weighted by molar-refractivity contribution is 5.95. The first-order valence-corrected chi connectivity index (χ1v) is 7.89. The summed E-state index contributed by atoms with van der Waals surface area (Å²) in [5.74, 6) is -2.58. The minimum atomic E-state index is -1.02. The number of hydrogen-bond donors (Lipinski definition) is 1. The standard InChI is InChI=1S/C18H14F2N4O3/c1-11(12-2-4-14(19)15(20)8-12)22-18(25)13-3-5-16(17(9-13)24(26)27)23-7-6-21-10-23/h2-11H,1H3,(H,22,25). The minimum absolute atomic E-state index is 0.0694. The summed E-state index contributed by atoms with van der Waals surface area (Å²) < 4.78 is 27.8. The molecular weight excluding hydrogens is 358 g/mol. The second-order valence-corrected chi connectivity index (χ2v) is 5.80. The van der Waals surface area contributed by atoms with E-state index in [2.05, 4.69) is 10.3 Å². The maximum atomic E-state index is 13.4. The molecule has 1 N–H and O–H groups in total. The molecule has 27 heavy (non-hydrogen) atoms. The molecule has 7 nitrogen and oxygen atoms in total. The van der Waals surface area contributed by atoms with Crippen molar-refractivity contribution in [1.29, 1.82) is 0 Å². The lowest BCUT2D eigenvalue weighted by molar-refractivity contribution is -0.384. The minimum Gasteiger partial charge on any atom is -0.346 e. The van der Waals surface area contributed by atoms with Gasteiger partial charge in [-0.3, -0.25) is 14.9 Å². The normalized spacial score (nSPS) is 11.8. The van der Waals surface area contributed by atoms with Crippen molar-refractivity contribution in [2.45, 2.75) is 13.0 Å². The quantitative estimate of drug-likeness (QED) is 0.548.